The largest absolute Gasteiger partial charge is 0.482 e. The van der Waals surface area contributed by atoms with Gasteiger partial charge >= 0.3 is 5.97 Å². The van der Waals surface area contributed by atoms with Gasteiger partial charge < -0.3 is 9.47 Å². The number of carbonyl (C=O) groups is 1. The van der Waals surface area contributed by atoms with Crippen LogP contribution in [0.4, 0.5) is 0 Å². The van der Waals surface area contributed by atoms with Gasteiger partial charge in [0.05, 0.1) is 6.61 Å². The van der Waals surface area contributed by atoms with E-state index in [9.17, 15) is 4.79 Å². The van der Waals surface area contributed by atoms with Gasteiger partial charge in [0.15, 0.2) is 6.61 Å². The number of benzene rings is 1. The lowest BCUT2D eigenvalue weighted by Crippen LogP contribution is -2.18. The zero-order valence-electron chi connectivity index (χ0n) is 12.4. The lowest BCUT2D eigenvalue weighted by molar-refractivity contribution is -0.146. The summed E-state index contributed by atoms with van der Waals surface area (Å²) in [5.74, 6) is 0.444. The van der Waals surface area contributed by atoms with Crippen molar-refractivity contribution in [1.29, 1.82) is 0 Å². The van der Waals surface area contributed by atoms with E-state index in [1.54, 1.807) is 0 Å². The molecule has 0 spiro atoms. The first-order valence-electron chi connectivity index (χ1n) is 6.83. The van der Waals surface area contributed by atoms with Gasteiger partial charge in [-0.3, -0.25) is 0 Å². The maximum absolute atomic E-state index is 11.5. The van der Waals surface area contributed by atoms with E-state index in [2.05, 4.69) is 27.7 Å². The van der Waals surface area contributed by atoms with E-state index >= 15 is 0 Å². The second kappa shape index (κ2) is 7.17. The second-order valence-electron chi connectivity index (χ2n) is 5.61. The van der Waals surface area contributed by atoms with Gasteiger partial charge in [0, 0.05) is 0 Å². The summed E-state index contributed by atoms with van der Waals surface area (Å²) in [6.45, 7) is 8.86. The van der Waals surface area contributed by atoms with Crippen molar-refractivity contribution in [1.82, 2.24) is 0 Å². The monoisotopic (exact) mass is 264 g/mol. The Labute approximate surface area is 115 Å². The zero-order chi connectivity index (χ0) is 14.3. The van der Waals surface area contributed by atoms with E-state index in [4.69, 9.17) is 9.47 Å². The molecule has 0 radical (unpaired) electrons. The fourth-order valence-electron chi connectivity index (χ4n) is 1.72. The van der Waals surface area contributed by atoms with Crippen molar-refractivity contribution in [2.24, 2.45) is 0 Å². The molecule has 0 saturated carbocycles. The molecule has 0 fully saturated rings. The molecule has 0 aliphatic heterocycles. The molecule has 1 aromatic carbocycles. The maximum Gasteiger partial charge on any atom is 0.344 e. The highest BCUT2D eigenvalue weighted by Gasteiger charge is 2.18. The Bertz CT molecular complexity index is 405. The van der Waals surface area contributed by atoms with Crippen LogP contribution in [0.5, 0.6) is 5.75 Å². The average Bonchev–Trinajstić information content (AvgIpc) is 2.36. The van der Waals surface area contributed by atoms with Crippen LogP contribution in [0.3, 0.4) is 0 Å². The summed E-state index contributed by atoms with van der Waals surface area (Å²) in [6, 6.07) is 7.80. The van der Waals surface area contributed by atoms with Gasteiger partial charge in [0.1, 0.15) is 5.75 Å². The molecule has 0 aromatic heterocycles. The first-order chi connectivity index (χ1) is 8.95. The summed E-state index contributed by atoms with van der Waals surface area (Å²) in [5, 5.41) is 0. The second-order valence-corrected chi connectivity index (χ2v) is 5.61. The molecule has 0 amide bonds. The molecule has 106 valence electrons. The molecule has 0 atom stereocenters. The molecule has 0 saturated heterocycles. The molecule has 0 heterocycles. The number of para-hydroxylation sites is 1. The van der Waals surface area contributed by atoms with Crippen molar-refractivity contribution in [2.45, 2.75) is 46.0 Å². The Kier molecular flexibility index (Phi) is 5.87. The van der Waals surface area contributed by atoms with Gasteiger partial charge in [-0.15, -0.1) is 0 Å². The van der Waals surface area contributed by atoms with Gasteiger partial charge in [0.2, 0.25) is 0 Å². The van der Waals surface area contributed by atoms with E-state index in [1.807, 2.05) is 24.3 Å². The molecule has 3 heteroatoms. The predicted molar refractivity (Wildman–Crippen MR) is 76.5 cm³/mol. The Morgan fingerprint density at radius 3 is 2.53 bits per heavy atom. The molecule has 1 rings (SSSR count). The van der Waals surface area contributed by atoms with E-state index < -0.39 is 0 Å². The summed E-state index contributed by atoms with van der Waals surface area (Å²) in [6.07, 6.45) is 1.91. The van der Waals surface area contributed by atoms with Crippen LogP contribution < -0.4 is 4.74 Å². The van der Waals surface area contributed by atoms with Crippen molar-refractivity contribution >= 4 is 5.97 Å². The van der Waals surface area contributed by atoms with Crippen LogP contribution in [-0.4, -0.2) is 19.2 Å². The van der Waals surface area contributed by atoms with E-state index in [1.165, 1.54) is 0 Å². The third-order valence-electron chi connectivity index (χ3n) is 2.80. The third kappa shape index (κ3) is 5.33. The van der Waals surface area contributed by atoms with Gasteiger partial charge in [0.25, 0.3) is 0 Å². The van der Waals surface area contributed by atoms with Crippen LogP contribution in [0.25, 0.3) is 0 Å². The smallest absolute Gasteiger partial charge is 0.344 e. The van der Waals surface area contributed by atoms with E-state index in [-0.39, 0.29) is 18.0 Å². The normalized spacial score (nSPS) is 11.2. The first-order valence-corrected chi connectivity index (χ1v) is 6.83. The van der Waals surface area contributed by atoms with Crippen LogP contribution in [0.15, 0.2) is 24.3 Å². The van der Waals surface area contributed by atoms with Crippen molar-refractivity contribution < 1.29 is 14.3 Å². The van der Waals surface area contributed by atoms with E-state index in [0.29, 0.717) is 6.61 Å². The molecule has 0 unspecified atom stereocenters. The maximum atomic E-state index is 11.5. The number of unbranched alkanes of at least 4 members (excludes halogenated alkanes) is 1. The van der Waals surface area contributed by atoms with Gasteiger partial charge in [-0.2, -0.15) is 0 Å². The SMILES string of the molecule is CCCCOC(=O)COc1ccccc1C(C)(C)C. The Morgan fingerprint density at radius 2 is 1.89 bits per heavy atom. The summed E-state index contributed by atoms with van der Waals surface area (Å²) in [4.78, 5) is 11.5. The highest BCUT2D eigenvalue weighted by Crippen LogP contribution is 2.30. The number of esters is 1. The fourth-order valence-corrected chi connectivity index (χ4v) is 1.72. The highest BCUT2D eigenvalue weighted by atomic mass is 16.6. The van der Waals surface area contributed by atoms with Crippen molar-refractivity contribution in [3.05, 3.63) is 29.8 Å². The lowest BCUT2D eigenvalue weighted by atomic mass is 9.86. The summed E-state index contributed by atoms with van der Waals surface area (Å²) in [7, 11) is 0. The first kappa shape index (κ1) is 15.5. The highest BCUT2D eigenvalue weighted by molar-refractivity contribution is 5.71. The molecule has 3 nitrogen and oxygen atoms in total. The molecular formula is C16H24O3. The van der Waals surface area contributed by atoms with Crippen molar-refractivity contribution in [2.75, 3.05) is 13.2 Å². The number of ether oxygens (including phenoxy) is 2. The number of rotatable bonds is 6. The van der Waals surface area contributed by atoms with E-state index in [0.717, 1.165) is 24.2 Å². The minimum Gasteiger partial charge on any atom is -0.482 e. The van der Waals surface area contributed by atoms with Gasteiger partial charge in [-0.25, -0.2) is 4.79 Å². The number of hydrogen-bond donors (Lipinski definition) is 0. The number of carbonyl (C=O) groups excluding carboxylic acids is 1. The molecule has 0 aliphatic carbocycles. The Morgan fingerprint density at radius 1 is 1.21 bits per heavy atom. The molecule has 0 bridgehead atoms. The lowest BCUT2D eigenvalue weighted by Gasteiger charge is -2.22. The summed E-state index contributed by atoms with van der Waals surface area (Å²) in [5.41, 5.74) is 1.08. The standard InChI is InChI=1S/C16H24O3/c1-5-6-11-18-15(17)12-19-14-10-8-7-9-13(14)16(2,3)4/h7-10H,5-6,11-12H2,1-4H3. The topological polar surface area (TPSA) is 35.5 Å². The average molecular weight is 264 g/mol. The zero-order valence-corrected chi connectivity index (χ0v) is 12.4. The molecule has 0 aliphatic rings. The van der Waals surface area contributed by atoms with Crippen molar-refractivity contribution in [3.63, 3.8) is 0 Å². The van der Waals surface area contributed by atoms with Crippen LogP contribution in [0, 0.1) is 0 Å². The van der Waals surface area contributed by atoms with Crippen LogP contribution in [0.1, 0.15) is 46.1 Å². The summed E-state index contributed by atoms with van der Waals surface area (Å²) >= 11 is 0. The quantitative estimate of drug-likeness (QED) is 0.580. The van der Waals surface area contributed by atoms with Gasteiger partial charge in [-0.05, 0) is 23.5 Å². The predicted octanol–water partition coefficient (Wildman–Crippen LogP) is 3.71. The van der Waals surface area contributed by atoms with Crippen LogP contribution >= 0.6 is 0 Å². The Balaban J connectivity index is 2.56. The molecule has 19 heavy (non-hydrogen) atoms. The van der Waals surface area contributed by atoms with Crippen LogP contribution in [0.2, 0.25) is 0 Å². The minimum atomic E-state index is -0.308. The number of hydrogen-bond acceptors (Lipinski definition) is 3. The Hall–Kier alpha value is -1.51. The molecular weight excluding hydrogens is 240 g/mol. The van der Waals surface area contributed by atoms with Gasteiger partial charge in [-0.1, -0.05) is 52.3 Å². The molecule has 1 aromatic rings. The van der Waals surface area contributed by atoms with Crippen molar-refractivity contribution in [3.8, 4) is 5.75 Å². The third-order valence-corrected chi connectivity index (χ3v) is 2.80. The minimum absolute atomic E-state index is 0.0112. The molecule has 0 N–H and O–H groups in total. The van der Waals surface area contributed by atoms with Crippen LogP contribution in [-0.2, 0) is 14.9 Å². The summed E-state index contributed by atoms with van der Waals surface area (Å²) < 4.78 is 10.6. The fraction of sp³-hybridized carbons (Fsp3) is 0.562.